The summed E-state index contributed by atoms with van der Waals surface area (Å²) in [5.41, 5.74) is 18.1. The minimum absolute atomic E-state index is 0.388. The molecule has 3 heteroatoms. The first kappa shape index (κ1) is 32.2. The largest absolute Gasteiger partial charge is 0.208 e. The Morgan fingerprint density at radius 2 is 0.714 bits per heavy atom. The third-order valence-corrected chi connectivity index (χ3v) is 11.6. The van der Waals surface area contributed by atoms with Crippen molar-refractivity contribution in [1.29, 1.82) is 0 Å². The maximum Gasteiger partial charge on any atom is 0.164 e. The second kappa shape index (κ2) is 13.0. The molecule has 3 nitrogen and oxygen atoms in total. The van der Waals surface area contributed by atoms with E-state index in [9.17, 15) is 0 Å². The van der Waals surface area contributed by atoms with Crippen LogP contribution in [0.15, 0.2) is 200 Å². The summed E-state index contributed by atoms with van der Waals surface area (Å²) in [5, 5.41) is 0. The lowest BCUT2D eigenvalue weighted by Gasteiger charge is -2.41. The predicted octanol–water partition coefficient (Wildman–Crippen LogP) is 12.5. The van der Waals surface area contributed by atoms with Gasteiger partial charge in [-0.1, -0.05) is 188 Å². The van der Waals surface area contributed by atoms with E-state index in [1.165, 1.54) is 55.6 Å². The van der Waals surface area contributed by atoms with Gasteiger partial charge in [0.1, 0.15) is 0 Å². The second-order valence-corrected chi connectivity index (χ2v) is 14.7. The minimum atomic E-state index is -0.388. The maximum absolute atomic E-state index is 5.01. The topological polar surface area (TPSA) is 38.7 Å². The Labute approximate surface area is 326 Å². The van der Waals surface area contributed by atoms with E-state index in [2.05, 4.69) is 140 Å². The molecule has 0 unspecified atom stereocenters. The van der Waals surface area contributed by atoms with Gasteiger partial charge >= 0.3 is 0 Å². The van der Waals surface area contributed by atoms with E-state index in [0.717, 1.165) is 34.2 Å². The van der Waals surface area contributed by atoms with Gasteiger partial charge in [-0.3, -0.25) is 0 Å². The lowest BCUT2D eigenvalue weighted by Crippen LogP contribution is -2.34. The number of rotatable bonds is 5. The molecule has 9 aromatic rings. The fraction of sp³-hybridized carbons (Fsp3) is 0.0377. The van der Waals surface area contributed by atoms with Gasteiger partial charge in [0.15, 0.2) is 17.5 Å². The summed E-state index contributed by atoms with van der Waals surface area (Å²) in [4.78, 5) is 14.9. The van der Waals surface area contributed by atoms with Crippen LogP contribution in [0.4, 0.5) is 0 Å². The molecule has 1 heterocycles. The van der Waals surface area contributed by atoms with E-state index in [1.807, 2.05) is 60.7 Å². The number of hydrogen-bond acceptors (Lipinski definition) is 3. The molecule has 0 radical (unpaired) electrons. The number of nitrogens with zero attached hydrogens (tertiary/aromatic N) is 3. The van der Waals surface area contributed by atoms with E-state index in [-0.39, 0.29) is 5.41 Å². The molecule has 0 atom stereocenters. The summed E-state index contributed by atoms with van der Waals surface area (Å²) in [7, 11) is 0. The first-order chi connectivity index (χ1) is 27.8. The first-order valence-electron chi connectivity index (χ1n) is 19.2. The van der Waals surface area contributed by atoms with Gasteiger partial charge in [-0.2, -0.15) is 0 Å². The molecule has 2 aliphatic rings. The molecule has 0 aliphatic heterocycles. The van der Waals surface area contributed by atoms with Crippen LogP contribution in [-0.2, 0) is 11.8 Å². The normalized spacial score (nSPS) is 13.1. The number of benzene rings is 8. The Morgan fingerprint density at radius 1 is 0.304 bits per heavy atom. The lowest BCUT2D eigenvalue weighted by molar-refractivity contribution is 0.723. The highest BCUT2D eigenvalue weighted by atomic mass is 15.0. The molecule has 262 valence electrons. The van der Waals surface area contributed by atoms with Crippen LogP contribution in [0, 0.1) is 0 Å². The Bertz CT molecular complexity index is 2850. The van der Waals surface area contributed by atoms with Crippen molar-refractivity contribution in [2.75, 3.05) is 0 Å². The summed E-state index contributed by atoms with van der Waals surface area (Å²) < 4.78 is 0. The van der Waals surface area contributed by atoms with Crippen molar-refractivity contribution >= 4 is 0 Å². The van der Waals surface area contributed by atoms with Crippen LogP contribution in [0.2, 0.25) is 0 Å². The van der Waals surface area contributed by atoms with Crippen LogP contribution < -0.4 is 0 Å². The summed E-state index contributed by atoms with van der Waals surface area (Å²) in [6, 6.07) is 71.9. The van der Waals surface area contributed by atoms with Crippen molar-refractivity contribution in [2.24, 2.45) is 0 Å². The van der Waals surface area contributed by atoms with Crippen LogP contribution in [0.25, 0.3) is 67.5 Å². The molecule has 0 amide bonds. The van der Waals surface area contributed by atoms with Crippen molar-refractivity contribution in [1.82, 2.24) is 15.0 Å². The summed E-state index contributed by atoms with van der Waals surface area (Å²) in [5.74, 6) is 1.96. The van der Waals surface area contributed by atoms with Crippen molar-refractivity contribution < 1.29 is 0 Å². The smallest absolute Gasteiger partial charge is 0.164 e. The monoisotopic (exact) mass is 713 g/mol. The average molecular weight is 714 g/mol. The fourth-order valence-electron chi connectivity index (χ4n) is 9.23. The molecule has 1 spiro atoms. The van der Waals surface area contributed by atoms with E-state index < -0.39 is 0 Å². The van der Waals surface area contributed by atoms with Crippen molar-refractivity contribution in [3.05, 3.63) is 234 Å². The van der Waals surface area contributed by atoms with E-state index in [0.29, 0.717) is 17.5 Å². The molecule has 0 fully saturated rings. The minimum Gasteiger partial charge on any atom is -0.208 e. The lowest BCUT2D eigenvalue weighted by atomic mass is 9.61. The van der Waals surface area contributed by atoms with Gasteiger partial charge in [-0.25, -0.2) is 15.0 Å². The molecule has 0 bridgehead atoms. The predicted molar refractivity (Wildman–Crippen MR) is 227 cm³/mol. The molecule has 2 aliphatic carbocycles. The number of aromatic nitrogens is 3. The molecular weight excluding hydrogens is 679 g/mol. The van der Waals surface area contributed by atoms with Crippen LogP contribution in [0.1, 0.15) is 33.4 Å². The molecule has 0 saturated carbocycles. The van der Waals surface area contributed by atoms with Gasteiger partial charge in [-0.15, -0.1) is 0 Å². The summed E-state index contributed by atoms with van der Waals surface area (Å²) in [6.07, 6.45) is 0.875. The zero-order chi connectivity index (χ0) is 37.1. The highest BCUT2D eigenvalue weighted by Gasteiger charge is 2.49. The zero-order valence-corrected chi connectivity index (χ0v) is 30.6. The van der Waals surface area contributed by atoms with Crippen LogP contribution in [0.5, 0.6) is 0 Å². The number of hydrogen-bond donors (Lipinski definition) is 0. The number of fused-ring (bicyclic) bond motifs is 9. The molecule has 8 aromatic carbocycles. The summed E-state index contributed by atoms with van der Waals surface area (Å²) in [6.45, 7) is 0. The van der Waals surface area contributed by atoms with Crippen molar-refractivity contribution in [2.45, 2.75) is 11.8 Å². The second-order valence-electron chi connectivity index (χ2n) is 14.7. The SMILES string of the molecule is c1ccc(-c2nc(-c3ccccc3)nc(-c3cccc(-c4cccc(-c5cccc6c5Cc5ccccc5C65c6ccccc6-c6ccccc65)c4)c3)n2)cc1. The van der Waals surface area contributed by atoms with Gasteiger partial charge in [0.05, 0.1) is 5.41 Å². The third-order valence-electron chi connectivity index (χ3n) is 11.6. The summed E-state index contributed by atoms with van der Waals surface area (Å²) >= 11 is 0. The highest BCUT2D eigenvalue weighted by Crippen LogP contribution is 2.60. The molecule has 56 heavy (non-hydrogen) atoms. The van der Waals surface area contributed by atoms with Gasteiger partial charge < -0.3 is 0 Å². The van der Waals surface area contributed by atoms with Crippen molar-refractivity contribution in [3.8, 4) is 67.5 Å². The average Bonchev–Trinajstić information content (AvgIpc) is 3.57. The van der Waals surface area contributed by atoms with Gasteiger partial charge in [0.25, 0.3) is 0 Å². The third kappa shape index (κ3) is 5.02. The van der Waals surface area contributed by atoms with Crippen LogP contribution in [-0.4, -0.2) is 15.0 Å². The molecule has 0 saturated heterocycles. The first-order valence-corrected chi connectivity index (χ1v) is 19.2. The molecule has 1 aromatic heterocycles. The van der Waals surface area contributed by atoms with Gasteiger partial charge in [-0.05, 0) is 85.3 Å². The van der Waals surface area contributed by atoms with Crippen molar-refractivity contribution in [3.63, 3.8) is 0 Å². The van der Waals surface area contributed by atoms with E-state index in [1.54, 1.807) is 0 Å². The Kier molecular flexibility index (Phi) is 7.46. The van der Waals surface area contributed by atoms with Gasteiger partial charge in [0, 0.05) is 16.7 Å². The Morgan fingerprint density at radius 3 is 1.34 bits per heavy atom. The van der Waals surface area contributed by atoms with E-state index >= 15 is 0 Å². The molecule has 0 N–H and O–H groups in total. The zero-order valence-electron chi connectivity index (χ0n) is 30.6. The molecule has 11 rings (SSSR count). The highest BCUT2D eigenvalue weighted by molar-refractivity contribution is 5.89. The van der Waals surface area contributed by atoms with Crippen LogP contribution >= 0.6 is 0 Å². The van der Waals surface area contributed by atoms with Crippen LogP contribution in [0.3, 0.4) is 0 Å². The maximum atomic E-state index is 5.01. The fourth-order valence-corrected chi connectivity index (χ4v) is 9.23. The Balaban J connectivity index is 1.04. The standard InChI is InChI=1S/C53H35N3/c1-3-16-35(17-4-1)50-54-51(36-18-5-2-6-19-36)56-52(55-50)41-24-14-22-38(33-41)37-21-13-23-39(32-37)42-27-15-31-49-45(42)34-40-20-7-10-28-46(40)53(49)47-29-11-8-25-43(47)44-26-9-12-30-48(44)53/h1-33H,34H2. The Hall–Kier alpha value is -7.23. The van der Waals surface area contributed by atoms with Gasteiger partial charge in [0.2, 0.25) is 0 Å². The van der Waals surface area contributed by atoms with E-state index in [4.69, 9.17) is 15.0 Å². The quantitative estimate of drug-likeness (QED) is 0.178. The molecular formula is C53H35N3.